The second-order valence-corrected chi connectivity index (χ2v) is 7.66. The molecule has 4 rings (SSSR count). The molecule has 0 unspecified atom stereocenters. The minimum atomic E-state index is -0.317. The van der Waals surface area contributed by atoms with E-state index >= 15 is 0 Å². The third-order valence-corrected chi connectivity index (χ3v) is 6.24. The lowest BCUT2D eigenvalue weighted by Crippen LogP contribution is -2.30. The van der Waals surface area contributed by atoms with Crippen molar-refractivity contribution in [3.63, 3.8) is 0 Å². The average molecular weight is 388 g/mol. The van der Waals surface area contributed by atoms with Crippen LogP contribution in [-0.2, 0) is 4.74 Å². The van der Waals surface area contributed by atoms with Crippen LogP contribution in [0.25, 0.3) is 0 Å². The van der Waals surface area contributed by atoms with E-state index in [1.54, 1.807) is 0 Å². The van der Waals surface area contributed by atoms with Crippen molar-refractivity contribution < 1.29 is 9.53 Å². The van der Waals surface area contributed by atoms with Crippen LogP contribution in [-0.4, -0.2) is 13.1 Å². The van der Waals surface area contributed by atoms with Crippen LogP contribution in [0, 0.1) is 12.8 Å². The van der Waals surface area contributed by atoms with Crippen LogP contribution >= 0.6 is 23.2 Å². The highest BCUT2D eigenvalue weighted by Crippen LogP contribution is 2.51. The van der Waals surface area contributed by atoms with Gasteiger partial charge in [-0.15, -0.1) is 0 Å². The Morgan fingerprint density at radius 2 is 2.00 bits per heavy atom. The summed E-state index contributed by atoms with van der Waals surface area (Å²) >= 11 is 12.3. The standard InChI is InChI=1S/C21H19Cl2NO2/c1-11-13(21(25)26-2)7-8-16-14-4-3-5-15(14)20(24-19(11)16)12-6-9-17(22)18(23)10-12/h3-4,6-10,14-15,20,24H,5H2,1-2H3/t14-,15+,20+/m0/s1. The molecule has 0 saturated heterocycles. The first-order valence-electron chi connectivity index (χ1n) is 8.61. The first-order chi connectivity index (χ1) is 12.5. The number of fused-ring (bicyclic) bond motifs is 3. The minimum Gasteiger partial charge on any atom is -0.465 e. The van der Waals surface area contributed by atoms with Gasteiger partial charge in [0.2, 0.25) is 0 Å². The quantitative estimate of drug-likeness (QED) is 0.513. The molecule has 26 heavy (non-hydrogen) atoms. The van der Waals surface area contributed by atoms with E-state index in [1.807, 2.05) is 37.3 Å². The number of carbonyl (C=O) groups is 1. The van der Waals surface area contributed by atoms with Crippen LogP contribution in [0.5, 0.6) is 0 Å². The second-order valence-electron chi connectivity index (χ2n) is 6.84. The summed E-state index contributed by atoms with van der Waals surface area (Å²) in [6.45, 7) is 1.96. The van der Waals surface area contributed by atoms with Gasteiger partial charge in [-0.2, -0.15) is 0 Å². The maximum absolute atomic E-state index is 12.1. The summed E-state index contributed by atoms with van der Waals surface area (Å²) in [5.74, 6) is 0.404. The molecule has 3 atom stereocenters. The number of methoxy groups -OCH3 is 1. The lowest BCUT2D eigenvalue weighted by atomic mass is 9.76. The number of hydrogen-bond donors (Lipinski definition) is 1. The molecule has 0 aromatic heterocycles. The topological polar surface area (TPSA) is 38.3 Å². The summed E-state index contributed by atoms with van der Waals surface area (Å²) in [6.07, 6.45) is 5.51. The van der Waals surface area contributed by atoms with Gasteiger partial charge in [0.1, 0.15) is 0 Å². The van der Waals surface area contributed by atoms with Crippen molar-refractivity contribution >= 4 is 34.9 Å². The number of ether oxygens (including phenoxy) is 1. The number of esters is 1. The summed E-state index contributed by atoms with van der Waals surface area (Å²) in [6, 6.07) is 9.80. The number of nitrogens with one attached hydrogen (secondary N) is 1. The molecule has 1 N–H and O–H groups in total. The summed E-state index contributed by atoms with van der Waals surface area (Å²) < 4.78 is 4.92. The highest BCUT2D eigenvalue weighted by molar-refractivity contribution is 6.42. The smallest absolute Gasteiger partial charge is 0.338 e. The monoisotopic (exact) mass is 387 g/mol. The van der Waals surface area contributed by atoms with Crippen LogP contribution in [0.2, 0.25) is 10.0 Å². The van der Waals surface area contributed by atoms with Crippen LogP contribution < -0.4 is 5.32 Å². The fourth-order valence-electron chi connectivity index (χ4n) is 4.18. The Bertz CT molecular complexity index is 922. The second kappa shape index (κ2) is 6.64. The summed E-state index contributed by atoms with van der Waals surface area (Å²) in [5.41, 5.74) is 4.85. The number of carbonyl (C=O) groups excluding carboxylic acids is 1. The van der Waals surface area contributed by atoms with Gasteiger partial charge in [0, 0.05) is 11.6 Å². The van der Waals surface area contributed by atoms with Crippen molar-refractivity contribution in [2.45, 2.75) is 25.3 Å². The van der Waals surface area contributed by atoms with E-state index in [2.05, 4.69) is 17.5 Å². The summed E-state index contributed by atoms with van der Waals surface area (Å²) in [4.78, 5) is 12.1. The first kappa shape index (κ1) is 17.4. The zero-order valence-corrected chi connectivity index (χ0v) is 16.1. The third-order valence-electron chi connectivity index (χ3n) is 5.51. The number of rotatable bonds is 2. The molecule has 0 bridgehead atoms. The summed E-state index contributed by atoms with van der Waals surface area (Å²) in [5, 5.41) is 4.78. The van der Waals surface area contributed by atoms with Crippen molar-refractivity contribution in [2.75, 3.05) is 12.4 Å². The van der Waals surface area contributed by atoms with Crippen LogP contribution in [0.1, 0.15) is 45.4 Å². The number of anilines is 1. The van der Waals surface area contributed by atoms with E-state index in [0.717, 1.165) is 23.2 Å². The van der Waals surface area contributed by atoms with E-state index < -0.39 is 0 Å². The largest absolute Gasteiger partial charge is 0.465 e. The minimum absolute atomic E-state index is 0.101. The third kappa shape index (κ3) is 2.70. The molecule has 1 aliphatic heterocycles. The Balaban J connectivity index is 1.82. The van der Waals surface area contributed by atoms with Gasteiger partial charge in [-0.3, -0.25) is 0 Å². The Morgan fingerprint density at radius 1 is 1.19 bits per heavy atom. The molecule has 0 spiro atoms. The Hall–Kier alpha value is -1.97. The molecular formula is C21H19Cl2NO2. The number of allylic oxidation sites excluding steroid dienone is 2. The average Bonchev–Trinajstić information content (AvgIpc) is 3.13. The van der Waals surface area contributed by atoms with E-state index in [4.69, 9.17) is 27.9 Å². The van der Waals surface area contributed by atoms with E-state index in [1.165, 1.54) is 12.7 Å². The lowest BCUT2D eigenvalue weighted by Gasteiger charge is -2.38. The predicted molar refractivity (Wildman–Crippen MR) is 105 cm³/mol. The molecule has 2 aromatic carbocycles. The lowest BCUT2D eigenvalue weighted by molar-refractivity contribution is 0.0600. The van der Waals surface area contributed by atoms with Crippen molar-refractivity contribution in [3.05, 3.63) is 74.8 Å². The predicted octanol–water partition coefficient (Wildman–Crippen LogP) is 5.91. The van der Waals surface area contributed by atoms with Crippen molar-refractivity contribution in [1.82, 2.24) is 0 Å². The van der Waals surface area contributed by atoms with E-state index in [-0.39, 0.29) is 12.0 Å². The van der Waals surface area contributed by atoms with Crippen LogP contribution in [0.3, 0.4) is 0 Å². The molecule has 2 aromatic rings. The molecule has 3 nitrogen and oxygen atoms in total. The van der Waals surface area contributed by atoms with Gasteiger partial charge in [0.15, 0.2) is 0 Å². The molecule has 0 saturated carbocycles. The van der Waals surface area contributed by atoms with Gasteiger partial charge in [0.05, 0.1) is 28.8 Å². The number of hydrogen-bond acceptors (Lipinski definition) is 3. The molecule has 1 heterocycles. The van der Waals surface area contributed by atoms with E-state index in [0.29, 0.717) is 27.4 Å². The fraction of sp³-hybridized carbons (Fsp3) is 0.286. The van der Waals surface area contributed by atoms with Crippen molar-refractivity contribution in [3.8, 4) is 0 Å². The number of halogens is 2. The van der Waals surface area contributed by atoms with Crippen LogP contribution in [0.15, 0.2) is 42.5 Å². The van der Waals surface area contributed by atoms with E-state index in [9.17, 15) is 4.79 Å². The number of benzene rings is 2. The molecule has 5 heteroatoms. The highest BCUT2D eigenvalue weighted by Gasteiger charge is 2.39. The summed E-state index contributed by atoms with van der Waals surface area (Å²) in [7, 11) is 1.41. The molecule has 1 aliphatic carbocycles. The normalized spacial score (nSPS) is 23.2. The van der Waals surface area contributed by atoms with Crippen molar-refractivity contribution in [1.29, 1.82) is 0 Å². The molecule has 0 radical (unpaired) electrons. The fourth-order valence-corrected chi connectivity index (χ4v) is 4.49. The molecule has 0 amide bonds. The zero-order valence-electron chi connectivity index (χ0n) is 14.6. The van der Waals surface area contributed by atoms with Gasteiger partial charge < -0.3 is 10.1 Å². The maximum Gasteiger partial charge on any atom is 0.338 e. The Labute approximate surface area is 163 Å². The SMILES string of the molecule is COC(=O)c1ccc2c(c1C)N[C@H](c1ccc(Cl)c(Cl)c1)[C@@H]1CC=C[C@H]21. The Kier molecular flexibility index (Phi) is 4.45. The molecule has 134 valence electrons. The van der Waals surface area contributed by atoms with Crippen LogP contribution in [0.4, 0.5) is 5.69 Å². The zero-order chi connectivity index (χ0) is 18.4. The highest BCUT2D eigenvalue weighted by atomic mass is 35.5. The van der Waals surface area contributed by atoms with Gasteiger partial charge in [0.25, 0.3) is 0 Å². The molecule has 0 fully saturated rings. The Morgan fingerprint density at radius 3 is 2.73 bits per heavy atom. The maximum atomic E-state index is 12.1. The van der Waals surface area contributed by atoms with Gasteiger partial charge >= 0.3 is 5.97 Å². The van der Waals surface area contributed by atoms with Gasteiger partial charge in [-0.25, -0.2) is 4.79 Å². The van der Waals surface area contributed by atoms with Gasteiger partial charge in [-0.05, 0) is 54.2 Å². The van der Waals surface area contributed by atoms with Gasteiger partial charge in [-0.1, -0.05) is 47.5 Å². The van der Waals surface area contributed by atoms with Crippen molar-refractivity contribution in [2.24, 2.45) is 5.92 Å². The first-order valence-corrected chi connectivity index (χ1v) is 9.36. The molecule has 2 aliphatic rings. The molecular weight excluding hydrogens is 369 g/mol.